The van der Waals surface area contributed by atoms with Crippen molar-refractivity contribution >= 4 is 36.1 Å². The smallest absolute Gasteiger partial charge is 0.449 e. The van der Waals surface area contributed by atoms with Crippen LogP contribution in [0.2, 0.25) is 5.02 Å². The van der Waals surface area contributed by atoms with E-state index in [2.05, 4.69) is 0 Å². The Bertz CT molecular complexity index is 1120. The number of amides is 1. The molecule has 1 amide bonds. The Morgan fingerprint density at radius 3 is 2.44 bits per heavy atom. The van der Waals surface area contributed by atoms with Crippen LogP contribution < -0.4 is 5.46 Å². The standard InChI is InChI=1S/C24H25BClNO5/c1-22(2)23(3,4)32-25(31-22)15-9-10-17(19(26)13-15)20(28)27-12-11-24(14-27)18-8-6-5-7-16(18)21(29)30-24/h5-10,13H,11-12,14H2,1-4H3. The largest absolute Gasteiger partial charge is 0.494 e. The molecule has 2 fully saturated rings. The summed E-state index contributed by atoms with van der Waals surface area (Å²) >= 11 is 6.53. The van der Waals surface area contributed by atoms with Crippen LogP contribution in [0.25, 0.3) is 0 Å². The molecule has 0 aliphatic carbocycles. The van der Waals surface area contributed by atoms with Crippen molar-refractivity contribution in [2.24, 2.45) is 0 Å². The van der Waals surface area contributed by atoms with E-state index < -0.39 is 23.9 Å². The number of fused-ring (bicyclic) bond motifs is 2. The Labute approximate surface area is 192 Å². The minimum Gasteiger partial charge on any atom is -0.449 e. The van der Waals surface area contributed by atoms with Gasteiger partial charge in [-0.15, -0.1) is 0 Å². The average Bonchev–Trinajstić information content (AvgIpc) is 3.35. The van der Waals surface area contributed by atoms with E-state index >= 15 is 0 Å². The van der Waals surface area contributed by atoms with E-state index in [4.69, 9.17) is 25.6 Å². The van der Waals surface area contributed by atoms with Gasteiger partial charge in [-0.3, -0.25) is 4.79 Å². The molecular weight excluding hydrogens is 429 g/mol. The number of halogens is 1. The SMILES string of the molecule is CC1(C)OB(c2ccc(C(=O)N3CCC4(C3)OC(=O)c3ccccc34)c(Cl)c2)OC1(C)C. The molecule has 3 aliphatic rings. The number of ether oxygens (including phenoxy) is 1. The molecule has 2 aromatic rings. The van der Waals surface area contributed by atoms with Crippen LogP contribution in [0.4, 0.5) is 0 Å². The molecule has 0 bridgehead atoms. The molecule has 1 unspecified atom stereocenters. The predicted molar refractivity (Wildman–Crippen MR) is 121 cm³/mol. The summed E-state index contributed by atoms with van der Waals surface area (Å²) in [4.78, 5) is 27.3. The van der Waals surface area contributed by atoms with Crippen molar-refractivity contribution in [2.75, 3.05) is 13.1 Å². The third-order valence-electron chi connectivity index (χ3n) is 7.19. The molecule has 32 heavy (non-hydrogen) atoms. The van der Waals surface area contributed by atoms with Crippen molar-refractivity contribution < 1.29 is 23.6 Å². The van der Waals surface area contributed by atoms with E-state index in [9.17, 15) is 9.59 Å². The Kier molecular flexibility index (Phi) is 4.75. The lowest BCUT2D eigenvalue weighted by molar-refractivity contribution is -0.00306. The summed E-state index contributed by atoms with van der Waals surface area (Å²) in [7, 11) is -0.550. The number of esters is 1. The lowest BCUT2D eigenvalue weighted by atomic mass is 9.79. The Hall–Kier alpha value is -2.35. The molecule has 0 saturated carbocycles. The molecular formula is C24H25BClNO5. The van der Waals surface area contributed by atoms with Crippen molar-refractivity contribution in [3.63, 3.8) is 0 Å². The van der Waals surface area contributed by atoms with Gasteiger partial charge in [0.2, 0.25) is 0 Å². The van der Waals surface area contributed by atoms with Crippen LogP contribution in [0.3, 0.4) is 0 Å². The fourth-order valence-electron chi connectivity index (χ4n) is 4.61. The zero-order valence-corrected chi connectivity index (χ0v) is 19.4. The molecule has 166 valence electrons. The maximum absolute atomic E-state index is 13.3. The van der Waals surface area contributed by atoms with E-state index in [1.807, 2.05) is 52.0 Å². The highest BCUT2D eigenvalue weighted by Crippen LogP contribution is 2.43. The summed E-state index contributed by atoms with van der Waals surface area (Å²) in [6.07, 6.45) is 0.561. The normalized spacial score (nSPS) is 25.3. The molecule has 2 aromatic carbocycles. The molecule has 0 aromatic heterocycles. The molecule has 2 saturated heterocycles. The summed E-state index contributed by atoms with van der Waals surface area (Å²) in [6.45, 7) is 8.75. The first-order valence-electron chi connectivity index (χ1n) is 10.8. The van der Waals surface area contributed by atoms with E-state index in [0.29, 0.717) is 35.7 Å². The molecule has 8 heteroatoms. The van der Waals surface area contributed by atoms with Gasteiger partial charge in [-0.1, -0.05) is 35.9 Å². The van der Waals surface area contributed by atoms with E-state index in [-0.39, 0.29) is 11.9 Å². The fraction of sp³-hybridized carbons (Fsp3) is 0.417. The first-order valence-corrected chi connectivity index (χ1v) is 11.2. The number of likely N-dealkylation sites (tertiary alicyclic amines) is 1. The van der Waals surface area contributed by atoms with Crippen molar-refractivity contribution in [1.82, 2.24) is 4.90 Å². The Balaban J connectivity index is 1.36. The number of benzene rings is 2. The summed E-state index contributed by atoms with van der Waals surface area (Å²) in [5.74, 6) is -0.521. The minimum absolute atomic E-state index is 0.187. The van der Waals surface area contributed by atoms with E-state index in [0.717, 1.165) is 11.0 Å². The highest BCUT2D eigenvalue weighted by Gasteiger charge is 2.52. The van der Waals surface area contributed by atoms with E-state index in [1.165, 1.54) is 0 Å². The molecule has 1 spiro atoms. The lowest BCUT2D eigenvalue weighted by Gasteiger charge is -2.32. The van der Waals surface area contributed by atoms with Crippen LogP contribution in [-0.4, -0.2) is 48.2 Å². The van der Waals surface area contributed by atoms with Gasteiger partial charge in [-0.05, 0) is 51.4 Å². The first-order chi connectivity index (χ1) is 15.0. The predicted octanol–water partition coefficient (Wildman–Crippen LogP) is 3.55. The van der Waals surface area contributed by atoms with Crippen LogP contribution >= 0.6 is 11.6 Å². The number of rotatable bonds is 2. The maximum atomic E-state index is 13.3. The summed E-state index contributed by atoms with van der Waals surface area (Å²) < 4.78 is 17.9. The van der Waals surface area contributed by atoms with Gasteiger partial charge in [0.1, 0.15) is 0 Å². The second-order valence-electron chi connectivity index (χ2n) is 9.73. The molecule has 1 atom stereocenters. The van der Waals surface area contributed by atoms with Gasteiger partial charge in [0.25, 0.3) is 5.91 Å². The summed E-state index contributed by atoms with van der Waals surface area (Å²) in [5, 5.41) is 0.340. The van der Waals surface area contributed by atoms with Crippen LogP contribution in [0, 0.1) is 0 Å². The molecule has 3 heterocycles. The second-order valence-corrected chi connectivity index (χ2v) is 10.1. The van der Waals surface area contributed by atoms with Crippen molar-refractivity contribution in [3.05, 3.63) is 64.2 Å². The number of hydrogen-bond donors (Lipinski definition) is 0. The zero-order chi connectivity index (χ0) is 22.9. The van der Waals surface area contributed by atoms with Gasteiger partial charge < -0.3 is 18.9 Å². The number of carbonyl (C=O) groups excluding carboxylic acids is 2. The average molecular weight is 454 g/mol. The third kappa shape index (κ3) is 3.18. The second kappa shape index (κ2) is 7.08. The van der Waals surface area contributed by atoms with Gasteiger partial charge in [0.05, 0.1) is 33.9 Å². The number of carbonyl (C=O) groups is 2. The minimum atomic E-state index is -0.779. The van der Waals surface area contributed by atoms with Gasteiger partial charge in [-0.25, -0.2) is 4.79 Å². The molecule has 3 aliphatic heterocycles. The van der Waals surface area contributed by atoms with Crippen molar-refractivity contribution in [1.29, 1.82) is 0 Å². The van der Waals surface area contributed by atoms with Gasteiger partial charge in [0, 0.05) is 18.5 Å². The Morgan fingerprint density at radius 2 is 1.75 bits per heavy atom. The first kappa shape index (κ1) is 21.5. The quantitative estimate of drug-likeness (QED) is 0.514. The lowest BCUT2D eigenvalue weighted by Crippen LogP contribution is -2.41. The number of hydrogen-bond acceptors (Lipinski definition) is 5. The molecule has 6 nitrogen and oxygen atoms in total. The molecule has 0 radical (unpaired) electrons. The highest BCUT2D eigenvalue weighted by atomic mass is 35.5. The monoisotopic (exact) mass is 453 g/mol. The Morgan fingerprint density at radius 1 is 1.06 bits per heavy atom. The van der Waals surface area contributed by atoms with Crippen LogP contribution in [-0.2, 0) is 19.6 Å². The molecule has 5 rings (SSSR count). The van der Waals surface area contributed by atoms with Crippen LogP contribution in [0.5, 0.6) is 0 Å². The van der Waals surface area contributed by atoms with Crippen molar-refractivity contribution in [2.45, 2.75) is 50.9 Å². The fourth-order valence-corrected chi connectivity index (χ4v) is 4.88. The van der Waals surface area contributed by atoms with Gasteiger partial charge >= 0.3 is 13.1 Å². The number of nitrogens with zero attached hydrogens (tertiary/aromatic N) is 1. The topological polar surface area (TPSA) is 65.1 Å². The van der Waals surface area contributed by atoms with Gasteiger partial charge in [0.15, 0.2) is 5.60 Å². The maximum Gasteiger partial charge on any atom is 0.494 e. The zero-order valence-electron chi connectivity index (χ0n) is 18.6. The van der Waals surface area contributed by atoms with Crippen LogP contribution in [0.1, 0.15) is 60.4 Å². The molecule has 0 N–H and O–H groups in total. The summed E-state index contributed by atoms with van der Waals surface area (Å²) in [6, 6.07) is 12.6. The van der Waals surface area contributed by atoms with Gasteiger partial charge in [-0.2, -0.15) is 0 Å². The van der Waals surface area contributed by atoms with E-state index in [1.54, 1.807) is 23.1 Å². The van der Waals surface area contributed by atoms with Crippen molar-refractivity contribution in [3.8, 4) is 0 Å². The third-order valence-corrected chi connectivity index (χ3v) is 7.51. The van der Waals surface area contributed by atoms with Crippen LogP contribution in [0.15, 0.2) is 42.5 Å². The summed E-state index contributed by atoms with van der Waals surface area (Å²) in [5.41, 5.74) is 0.894. The highest BCUT2D eigenvalue weighted by molar-refractivity contribution is 6.62.